The Morgan fingerprint density at radius 2 is 1.91 bits per heavy atom. The summed E-state index contributed by atoms with van der Waals surface area (Å²) in [6.07, 6.45) is 0. The molecule has 5 heteroatoms. The zero-order valence-corrected chi connectivity index (χ0v) is 13.0. The van der Waals surface area contributed by atoms with Crippen LogP contribution < -0.4 is 10.1 Å². The lowest BCUT2D eigenvalue weighted by Crippen LogP contribution is -2.09. The topological polar surface area (TPSA) is 38.3 Å². The molecule has 0 radical (unpaired) electrons. The van der Waals surface area contributed by atoms with Crippen LogP contribution in [0.3, 0.4) is 0 Å². The number of benzene rings is 2. The second kappa shape index (κ2) is 7.07. The molecule has 0 spiro atoms. The average Bonchev–Trinajstić information content (AvgIpc) is 3.03. The molecule has 0 unspecified atom stereocenters. The summed E-state index contributed by atoms with van der Waals surface area (Å²) < 4.78 is 18.6. The molecule has 1 amide bonds. The van der Waals surface area contributed by atoms with E-state index in [1.54, 1.807) is 18.2 Å². The molecule has 1 aromatic heterocycles. The fourth-order valence-electron chi connectivity index (χ4n) is 2.01. The van der Waals surface area contributed by atoms with Crippen LogP contribution in [0.25, 0.3) is 0 Å². The number of carbonyl (C=O) groups excluding carboxylic acids is 1. The molecule has 0 aliphatic heterocycles. The summed E-state index contributed by atoms with van der Waals surface area (Å²) in [6.45, 7) is 0.290. The van der Waals surface area contributed by atoms with Crippen molar-refractivity contribution in [1.82, 2.24) is 0 Å². The van der Waals surface area contributed by atoms with E-state index < -0.39 is 0 Å². The minimum Gasteiger partial charge on any atom is -0.489 e. The van der Waals surface area contributed by atoms with E-state index in [1.807, 2.05) is 35.7 Å². The van der Waals surface area contributed by atoms with Crippen LogP contribution in [0.1, 0.15) is 15.2 Å². The van der Waals surface area contributed by atoms with Crippen molar-refractivity contribution < 1.29 is 13.9 Å². The molecule has 23 heavy (non-hydrogen) atoms. The molecule has 0 bridgehead atoms. The number of carbonyl (C=O) groups is 1. The van der Waals surface area contributed by atoms with Gasteiger partial charge in [-0.25, -0.2) is 4.39 Å². The van der Waals surface area contributed by atoms with Crippen molar-refractivity contribution in [2.24, 2.45) is 0 Å². The molecule has 0 aliphatic carbocycles. The third kappa shape index (κ3) is 4.17. The second-order valence-electron chi connectivity index (χ2n) is 4.89. The van der Waals surface area contributed by atoms with E-state index in [-0.39, 0.29) is 11.7 Å². The van der Waals surface area contributed by atoms with Gasteiger partial charge in [-0.05, 0) is 35.7 Å². The van der Waals surface area contributed by atoms with Crippen molar-refractivity contribution in [3.05, 3.63) is 82.3 Å². The molecule has 3 nitrogen and oxygen atoms in total. The Morgan fingerprint density at radius 1 is 1.09 bits per heavy atom. The minimum atomic E-state index is -0.337. The van der Waals surface area contributed by atoms with Gasteiger partial charge in [0.25, 0.3) is 5.91 Å². The van der Waals surface area contributed by atoms with Crippen molar-refractivity contribution >= 4 is 22.9 Å². The summed E-state index contributed by atoms with van der Waals surface area (Å²) in [4.78, 5) is 12.8. The van der Waals surface area contributed by atoms with Crippen molar-refractivity contribution in [2.75, 3.05) is 5.32 Å². The fraction of sp³-hybridized carbons (Fsp3) is 0.0556. The summed E-state index contributed by atoms with van der Waals surface area (Å²) in [6, 6.07) is 17.0. The first-order chi connectivity index (χ1) is 11.2. The van der Waals surface area contributed by atoms with Crippen molar-refractivity contribution in [2.45, 2.75) is 6.61 Å². The molecular formula is C18H14FNO2S. The minimum absolute atomic E-state index is 0.154. The largest absolute Gasteiger partial charge is 0.489 e. The van der Waals surface area contributed by atoms with E-state index in [0.717, 1.165) is 11.3 Å². The summed E-state index contributed by atoms with van der Waals surface area (Å²) in [5, 5.41) is 4.69. The van der Waals surface area contributed by atoms with E-state index in [9.17, 15) is 9.18 Å². The highest BCUT2D eigenvalue weighted by Crippen LogP contribution is 2.19. The molecule has 3 aromatic rings. The normalized spacial score (nSPS) is 10.3. The van der Waals surface area contributed by atoms with Gasteiger partial charge in [0.2, 0.25) is 0 Å². The molecule has 0 atom stereocenters. The van der Waals surface area contributed by atoms with E-state index in [4.69, 9.17) is 4.74 Å². The Labute approximate surface area is 137 Å². The summed E-state index contributed by atoms with van der Waals surface area (Å²) in [7, 11) is 0. The monoisotopic (exact) mass is 327 g/mol. The number of amides is 1. The zero-order chi connectivity index (χ0) is 16.1. The van der Waals surface area contributed by atoms with Gasteiger partial charge in [-0.2, -0.15) is 0 Å². The van der Waals surface area contributed by atoms with Gasteiger partial charge in [0.05, 0.1) is 4.88 Å². The van der Waals surface area contributed by atoms with Crippen LogP contribution in [0.4, 0.5) is 10.1 Å². The van der Waals surface area contributed by atoms with Crippen LogP contribution in [-0.2, 0) is 6.61 Å². The lowest BCUT2D eigenvalue weighted by molar-refractivity contribution is 0.103. The molecule has 1 heterocycles. The fourth-order valence-corrected chi connectivity index (χ4v) is 2.80. The summed E-state index contributed by atoms with van der Waals surface area (Å²) in [5.41, 5.74) is 1.63. The van der Waals surface area contributed by atoms with Crippen LogP contribution in [0.5, 0.6) is 5.75 Å². The van der Waals surface area contributed by atoms with E-state index in [1.165, 1.54) is 23.5 Å². The van der Waals surface area contributed by atoms with Crippen LogP contribution in [-0.4, -0.2) is 5.91 Å². The quantitative estimate of drug-likeness (QED) is 0.736. The van der Waals surface area contributed by atoms with Gasteiger partial charge in [-0.15, -0.1) is 11.3 Å². The van der Waals surface area contributed by atoms with E-state index in [0.29, 0.717) is 17.2 Å². The number of nitrogens with one attached hydrogen (secondary N) is 1. The van der Waals surface area contributed by atoms with Crippen molar-refractivity contribution in [1.29, 1.82) is 0 Å². The summed E-state index contributed by atoms with van der Waals surface area (Å²) >= 11 is 1.35. The first-order valence-electron chi connectivity index (χ1n) is 7.03. The van der Waals surface area contributed by atoms with Gasteiger partial charge in [-0.3, -0.25) is 4.79 Å². The number of halogens is 1. The first kappa shape index (κ1) is 15.2. The van der Waals surface area contributed by atoms with Crippen LogP contribution in [0, 0.1) is 5.82 Å². The van der Waals surface area contributed by atoms with Gasteiger partial charge in [-0.1, -0.05) is 24.3 Å². The Kier molecular flexibility index (Phi) is 4.68. The highest BCUT2D eigenvalue weighted by Gasteiger charge is 2.10. The maximum atomic E-state index is 13.1. The molecule has 3 rings (SSSR count). The van der Waals surface area contributed by atoms with Gasteiger partial charge < -0.3 is 10.1 Å². The number of ether oxygens (including phenoxy) is 1. The van der Waals surface area contributed by atoms with E-state index >= 15 is 0 Å². The zero-order valence-electron chi connectivity index (χ0n) is 12.2. The predicted octanol–water partition coefficient (Wildman–Crippen LogP) is 4.72. The average molecular weight is 327 g/mol. The Morgan fingerprint density at radius 3 is 2.70 bits per heavy atom. The first-order valence-corrected chi connectivity index (χ1v) is 7.91. The van der Waals surface area contributed by atoms with Crippen molar-refractivity contribution in [3.8, 4) is 5.75 Å². The third-order valence-corrected chi connectivity index (χ3v) is 4.09. The standard InChI is InChI=1S/C18H14FNO2S/c19-14-5-4-8-16(10-14)22-11-13-9-17(23-12-13)18(21)20-15-6-2-1-3-7-15/h1-10,12H,11H2,(H,20,21). The van der Waals surface area contributed by atoms with Gasteiger partial charge >= 0.3 is 0 Å². The smallest absolute Gasteiger partial charge is 0.265 e. The van der Waals surface area contributed by atoms with E-state index in [2.05, 4.69) is 5.32 Å². The number of rotatable bonds is 5. The van der Waals surface area contributed by atoms with Gasteiger partial charge in [0.15, 0.2) is 0 Å². The number of hydrogen-bond acceptors (Lipinski definition) is 3. The molecule has 1 N–H and O–H groups in total. The number of thiophene rings is 1. The highest BCUT2D eigenvalue weighted by atomic mass is 32.1. The molecule has 0 saturated carbocycles. The predicted molar refractivity (Wildman–Crippen MR) is 89.4 cm³/mol. The number of para-hydroxylation sites is 1. The van der Waals surface area contributed by atoms with Gasteiger partial charge in [0, 0.05) is 17.3 Å². The van der Waals surface area contributed by atoms with Crippen LogP contribution in [0.2, 0.25) is 0 Å². The molecule has 116 valence electrons. The number of hydrogen-bond donors (Lipinski definition) is 1. The van der Waals surface area contributed by atoms with Crippen molar-refractivity contribution in [3.63, 3.8) is 0 Å². The molecule has 0 aliphatic rings. The summed E-state index contributed by atoms with van der Waals surface area (Å²) in [5.74, 6) is -0.0274. The number of anilines is 1. The Bertz CT molecular complexity index is 802. The maximum Gasteiger partial charge on any atom is 0.265 e. The highest BCUT2D eigenvalue weighted by molar-refractivity contribution is 7.12. The maximum absolute atomic E-state index is 13.1. The SMILES string of the molecule is O=C(Nc1ccccc1)c1cc(COc2cccc(F)c2)cs1. The van der Waals surface area contributed by atoms with Crippen LogP contribution >= 0.6 is 11.3 Å². The molecule has 0 saturated heterocycles. The Hall–Kier alpha value is -2.66. The second-order valence-corrected chi connectivity index (χ2v) is 5.80. The van der Waals surface area contributed by atoms with Gasteiger partial charge in [0.1, 0.15) is 18.2 Å². The lowest BCUT2D eigenvalue weighted by Gasteiger charge is -2.04. The molecular weight excluding hydrogens is 313 g/mol. The molecule has 2 aromatic carbocycles. The lowest BCUT2D eigenvalue weighted by atomic mass is 10.3. The Balaban J connectivity index is 1.60. The van der Waals surface area contributed by atoms with Crippen LogP contribution in [0.15, 0.2) is 66.0 Å². The third-order valence-electron chi connectivity index (χ3n) is 3.11. The molecule has 0 fully saturated rings.